The van der Waals surface area contributed by atoms with Crippen molar-refractivity contribution in [2.24, 2.45) is 5.92 Å². The Balaban J connectivity index is 2.85. The van der Waals surface area contributed by atoms with Gasteiger partial charge in [0, 0.05) is 25.7 Å². The summed E-state index contributed by atoms with van der Waals surface area (Å²) in [6, 6.07) is 3.98. The zero-order chi connectivity index (χ0) is 14.6. The summed E-state index contributed by atoms with van der Waals surface area (Å²) in [5.74, 6) is 0.251. The molecule has 0 saturated carbocycles. The number of carbonyl (C=O) groups is 1. The normalized spacial score (nSPS) is 12.1. The van der Waals surface area contributed by atoms with Crippen LogP contribution in [0.2, 0.25) is 0 Å². The zero-order valence-corrected chi connectivity index (χ0v) is 12.4. The minimum atomic E-state index is -0.747. The second kappa shape index (κ2) is 6.45. The molecule has 0 radical (unpaired) electrons. The maximum Gasteiger partial charge on any atom is 0.303 e. The second-order valence-electron chi connectivity index (χ2n) is 5.12. The van der Waals surface area contributed by atoms with Crippen LogP contribution in [0.1, 0.15) is 24.5 Å². The molecule has 0 aromatic heterocycles. The van der Waals surface area contributed by atoms with E-state index in [1.54, 1.807) is 7.11 Å². The molecule has 0 fully saturated rings. The van der Waals surface area contributed by atoms with Crippen LogP contribution in [0, 0.1) is 19.8 Å². The van der Waals surface area contributed by atoms with E-state index < -0.39 is 5.97 Å². The Morgan fingerprint density at radius 1 is 1.37 bits per heavy atom. The van der Waals surface area contributed by atoms with Gasteiger partial charge >= 0.3 is 5.97 Å². The molecule has 0 aliphatic rings. The predicted octanol–water partition coefficient (Wildman–Crippen LogP) is 2.86. The highest BCUT2D eigenvalue weighted by molar-refractivity contribution is 5.67. The van der Waals surface area contributed by atoms with Gasteiger partial charge in [0.15, 0.2) is 0 Å². The number of benzene rings is 1. The molecule has 1 rings (SSSR count). The summed E-state index contributed by atoms with van der Waals surface area (Å²) in [6.07, 6.45) is 0.193. The summed E-state index contributed by atoms with van der Waals surface area (Å²) in [5, 5.41) is 8.80. The molecule has 1 unspecified atom stereocenters. The maximum atomic E-state index is 10.7. The van der Waals surface area contributed by atoms with E-state index in [9.17, 15) is 4.79 Å². The number of nitrogens with zero attached hydrogens (tertiary/aromatic N) is 1. The van der Waals surface area contributed by atoms with Crippen molar-refractivity contribution in [2.75, 3.05) is 25.6 Å². The number of methoxy groups -OCH3 is 1. The van der Waals surface area contributed by atoms with Crippen molar-refractivity contribution < 1.29 is 14.6 Å². The van der Waals surface area contributed by atoms with Crippen molar-refractivity contribution in [2.45, 2.75) is 27.2 Å². The minimum absolute atomic E-state index is 0.115. The minimum Gasteiger partial charge on any atom is -0.496 e. The number of hydrogen-bond acceptors (Lipinski definition) is 3. The molecule has 1 aromatic carbocycles. The van der Waals surface area contributed by atoms with Crippen molar-refractivity contribution in [1.29, 1.82) is 0 Å². The lowest BCUT2D eigenvalue weighted by Gasteiger charge is -2.25. The molecule has 4 heteroatoms. The molecule has 1 aromatic rings. The number of carboxylic acid groups (broad SMARTS) is 1. The number of anilines is 1. The first kappa shape index (κ1) is 15.3. The van der Waals surface area contributed by atoms with Gasteiger partial charge in [-0.05, 0) is 43.0 Å². The van der Waals surface area contributed by atoms with Crippen LogP contribution in [0.25, 0.3) is 0 Å². The summed E-state index contributed by atoms with van der Waals surface area (Å²) in [6.45, 7) is 6.77. The summed E-state index contributed by atoms with van der Waals surface area (Å²) >= 11 is 0. The van der Waals surface area contributed by atoms with Gasteiger partial charge in [-0.3, -0.25) is 4.79 Å². The Kier molecular flexibility index (Phi) is 5.21. The van der Waals surface area contributed by atoms with E-state index >= 15 is 0 Å². The van der Waals surface area contributed by atoms with Crippen LogP contribution in [0.3, 0.4) is 0 Å². The number of aliphatic carboxylic acids is 1. The predicted molar refractivity (Wildman–Crippen MR) is 77.2 cm³/mol. The van der Waals surface area contributed by atoms with Gasteiger partial charge in [0.05, 0.1) is 7.11 Å². The molecule has 0 amide bonds. The van der Waals surface area contributed by atoms with Gasteiger partial charge in [0.25, 0.3) is 0 Å². The molecule has 1 N–H and O–H groups in total. The van der Waals surface area contributed by atoms with Crippen LogP contribution in [-0.4, -0.2) is 31.8 Å². The molecule has 0 saturated heterocycles. The van der Waals surface area contributed by atoms with Crippen LogP contribution in [0.5, 0.6) is 5.75 Å². The van der Waals surface area contributed by atoms with Crippen LogP contribution in [0.4, 0.5) is 5.69 Å². The first-order chi connectivity index (χ1) is 8.86. The van der Waals surface area contributed by atoms with E-state index in [-0.39, 0.29) is 12.3 Å². The van der Waals surface area contributed by atoms with Gasteiger partial charge in [-0.1, -0.05) is 6.92 Å². The van der Waals surface area contributed by atoms with E-state index in [1.807, 2.05) is 33.0 Å². The smallest absolute Gasteiger partial charge is 0.303 e. The van der Waals surface area contributed by atoms with Crippen molar-refractivity contribution in [3.63, 3.8) is 0 Å². The Bertz CT molecular complexity index is 457. The van der Waals surface area contributed by atoms with Crippen LogP contribution in [0.15, 0.2) is 12.1 Å². The number of carboxylic acids is 1. The molecule has 0 aliphatic heterocycles. The number of rotatable bonds is 6. The van der Waals surface area contributed by atoms with Gasteiger partial charge in [-0.2, -0.15) is 0 Å². The quantitative estimate of drug-likeness (QED) is 0.859. The fourth-order valence-corrected chi connectivity index (χ4v) is 2.34. The highest BCUT2D eigenvalue weighted by Gasteiger charge is 2.14. The highest BCUT2D eigenvalue weighted by Crippen LogP contribution is 2.29. The third kappa shape index (κ3) is 3.88. The highest BCUT2D eigenvalue weighted by atomic mass is 16.5. The molecule has 106 valence electrons. The molecule has 0 heterocycles. The molecule has 0 aliphatic carbocycles. The third-order valence-corrected chi connectivity index (χ3v) is 3.45. The fraction of sp³-hybridized carbons (Fsp3) is 0.533. The first-order valence-corrected chi connectivity index (χ1v) is 6.44. The van der Waals surface area contributed by atoms with Crippen molar-refractivity contribution >= 4 is 11.7 Å². The number of ether oxygens (including phenoxy) is 1. The Morgan fingerprint density at radius 3 is 2.53 bits per heavy atom. The summed E-state index contributed by atoms with van der Waals surface area (Å²) in [5.41, 5.74) is 3.41. The summed E-state index contributed by atoms with van der Waals surface area (Å²) < 4.78 is 5.30. The van der Waals surface area contributed by atoms with Gasteiger partial charge in [0.2, 0.25) is 0 Å². The second-order valence-corrected chi connectivity index (χ2v) is 5.12. The summed E-state index contributed by atoms with van der Waals surface area (Å²) in [4.78, 5) is 12.8. The zero-order valence-electron chi connectivity index (χ0n) is 12.4. The molecular weight excluding hydrogens is 242 g/mol. The Morgan fingerprint density at radius 2 is 2.00 bits per heavy atom. The standard InChI is InChI=1S/C15H23NO3/c1-10(8-15(17)18)9-16(4)13-6-7-14(19-5)12(3)11(13)2/h6-7,10H,8-9H2,1-5H3,(H,17,18). The van der Waals surface area contributed by atoms with E-state index in [1.165, 1.54) is 5.56 Å². The lowest BCUT2D eigenvalue weighted by molar-refractivity contribution is -0.137. The van der Waals surface area contributed by atoms with Gasteiger partial charge < -0.3 is 14.7 Å². The Labute approximate surface area is 115 Å². The lowest BCUT2D eigenvalue weighted by Crippen LogP contribution is -2.26. The SMILES string of the molecule is COc1ccc(N(C)CC(C)CC(=O)O)c(C)c1C. The monoisotopic (exact) mass is 265 g/mol. The van der Waals surface area contributed by atoms with Crippen LogP contribution < -0.4 is 9.64 Å². The average molecular weight is 265 g/mol. The maximum absolute atomic E-state index is 10.7. The number of hydrogen-bond donors (Lipinski definition) is 1. The average Bonchev–Trinajstić information content (AvgIpc) is 2.31. The molecule has 19 heavy (non-hydrogen) atoms. The van der Waals surface area contributed by atoms with E-state index in [4.69, 9.17) is 9.84 Å². The lowest BCUT2D eigenvalue weighted by atomic mass is 10.0. The molecule has 1 atom stereocenters. The molecule has 4 nitrogen and oxygen atoms in total. The summed E-state index contributed by atoms with van der Waals surface area (Å²) in [7, 11) is 3.66. The van der Waals surface area contributed by atoms with Crippen LogP contribution in [-0.2, 0) is 4.79 Å². The van der Waals surface area contributed by atoms with E-state index in [0.717, 1.165) is 23.5 Å². The van der Waals surface area contributed by atoms with Crippen molar-refractivity contribution in [3.05, 3.63) is 23.3 Å². The molecule has 0 bridgehead atoms. The topological polar surface area (TPSA) is 49.8 Å². The van der Waals surface area contributed by atoms with Gasteiger partial charge in [-0.25, -0.2) is 0 Å². The third-order valence-electron chi connectivity index (χ3n) is 3.45. The largest absolute Gasteiger partial charge is 0.496 e. The van der Waals surface area contributed by atoms with Gasteiger partial charge in [0.1, 0.15) is 5.75 Å². The Hall–Kier alpha value is -1.71. The van der Waals surface area contributed by atoms with Crippen molar-refractivity contribution in [1.82, 2.24) is 0 Å². The molecular formula is C15H23NO3. The molecule has 0 spiro atoms. The van der Waals surface area contributed by atoms with E-state index in [2.05, 4.69) is 11.8 Å². The van der Waals surface area contributed by atoms with Crippen molar-refractivity contribution in [3.8, 4) is 5.75 Å². The van der Waals surface area contributed by atoms with E-state index in [0.29, 0.717) is 0 Å². The fourth-order valence-electron chi connectivity index (χ4n) is 2.34. The van der Waals surface area contributed by atoms with Gasteiger partial charge in [-0.15, -0.1) is 0 Å². The van der Waals surface area contributed by atoms with Crippen LogP contribution >= 0.6 is 0 Å². The first-order valence-electron chi connectivity index (χ1n) is 6.44.